The van der Waals surface area contributed by atoms with E-state index in [1.165, 1.54) is 60.1 Å². The Morgan fingerprint density at radius 2 is 0.932 bits per heavy atom. The Morgan fingerprint density at radius 3 is 1.77 bits per heavy atom. The molecule has 0 amide bonds. The first kappa shape index (κ1) is 57.2. The summed E-state index contributed by atoms with van der Waals surface area (Å²) in [6.45, 7) is 1.29. The van der Waals surface area contributed by atoms with Crippen molar-refractivity contribution < 1.29 is 13.3 Å². The van der Waals surface area contributed by atoms with Gasteiger partial charge in [0.1, 0.15) is 39.8 Å². The van der Waals surface area contributed by atoms with Crippen molar-refractivity contribution in [1.82, 2.24) is 15.0 Å². The number of hydrogen-bond acceptors (Lipinski definition) is 8. The number of allylic oxidation sites excluding steroid dienone is 2. The summed E-state index contributed by atoms with van der Waals surface area (Å²) in [4.78, 5) is 19.9. The van der Waals surface area contributed by atoms with Gasteiger partial charge in [-0.15, -0.1) is 0 Å². The third-order valence-electron chi connectivity index (χ3n) is 21.6. The van der Waals surface area contributed by atoms with Crippen LogP contribution >= 0.6 is 0 Å². The molecular weight excluding hydrogens is 1260 g/mol. The van der Waals surface area contributed by atoms with E-state index < -0.39 is 0 Å². The van der Waals surface area contributed by atoms with Gasteiger partial charge in [-0.25, -0.2) is 15.0 Å². The maximum atomic E-state index is 7.69. The summed E-state index contributed by atoms with van der Waals surface area (Å²) in [6.07, 6.45) is 12.7. The zero-order chi connectivity index (χ0) is 67.4. The average molecular weight is 1320 g/mol. The lowest BCUT2D eigenvalue weighted by molar-refractivity contribution is 0.669. The second kappa shape index (κ2) is 22.4. The molecule has 20 aromatic rings. The molecule has 2 aliphatic heterocycles. The van der Waals surface area contributed by atoms with Crippen molar-refractivity contribution >= 4 is 148 Å². The lowest BCUT2D eigenvalue weighted by Gasteiger charge is -2.29. The fourth-order valence-electron chi connectivity index (χ4n) is 16.7. The van der Waals surface area contributed by atoms with Crippen LogP contribution in [0.15, 0.2) is 329 Å². The van der Waals surface area contributed by atoms with E-state index >= 15 is 0 Å². The van der Waals surface area contributed by atoms with Gasteiger partial charge >= 0.3 is 0 Å². The highest BCUT2D eigenvalue weighted by Gasteiger charge is 2.29. The molecule has 0 saturated heterocycles. The van der Waals surface area contributed by atoms with Gasteiger partial charge in [0.2, 0.25) is 0 Å². The Morgan fingerprint density at radius 1 is 0.330 bits per heavy atom. The lowest BCUT2D eigenvalue weighted by Crippen LogP contribution is -2.20. The highest BCUT2D eigenvalue weighted by molar-refractivity contribution is 6.38. The third-order valence-corrected chi connectivity index (χ3v) is 21.6. The van der Waals surface area contributed by atoms with E-state index in [4.69, 9.17) is 28.2 Å². The molecule has 0 N–H and O–H groups in total. The predicted molar refractivity (Wildman–Crippen MR) is 426 cm³/mol. The molecule has 6 heterocycles. The van der Waals surface area contributed by atoms with E-state index in [2.05, 4.69) is 295 Å². The largest absolute Gasteiger partial charge is 0.456 e. The lowest BCUT2D eigenvalue weighted by atomic mass is 9.90. The van der Waals surface area contributed by atoms with Crippen LogP contribution in [0.5, 0.6) is 0 Å². The molecule has 0 aliphatic carbocycles. The Hall–Kier alpha value is -13.7. The van der Waals surface area contributed by atoms with E-state index in [1.54, 1.807) is 6.33 Å². The molecule has 16 aromatic carbocycles. The van der Waals surface area contributed by atoms with E-state index in [-0.39, 0.29) is 0 Å². The van der Waals surface area contributed by atoms with Gasteiger partial charge < -0.3 is 23.1 Å². The van der Waals surface area contributed by atoms with Crippen LogP contribution in [0, 0.1) is 0 Å². The number of furan rings is 3. The molecule has 0 spiro atoms. The molecule has 8 heteroatoms. The standard InChI is InChI=1S/C95H57N5O3/c1-2-14-56(15-3-1)64-34-32-61-19-13-45-100(83(61)49-64)70-51-82-81-50-69(99-44-12-20-68(54-99)63-33-26-57-16-4-5-18-62(57)46-63)52-86-88(81)91-78(41-42-79(93(91)103-86)95-97-55-96-94(98-95)67-37-43-85-80(48-67)76-24-10-11-25-84(76)101-85)77-40-39-75(92-90(77)89(82)87(53-70)102-92)60-29-27-59(28-30-60)72-22-8-9-23-73(72)66-36-38-74-65(47-66)35-31-58-17-6-7-21-71(58)74/h1-44,46-53,55H,45,54H2. The minimum absolute atomic E-state index is 0.498. The van der Waals surface area contributed by atoms with E-state index in [0.29, 0.717) is 30.3 Å². The zero-order valence-electron chi connectivity index (χ0n) is 55.5. The van der Waals surface area contributed by atoms with E-state index in [1.807, 2.05) is 30.3 Å². The van der Waals surface area contributed by atoms with Crippen molar-refractivity contribution in [1.29, 1.82) is 0 Å². The quantitative estimate of drug-likeness (QED) is 0.132. The molecule has 0 atom stereocenters. The SMILES string of the molecule is C1=CN(c2cc3oc4c(-c5ncnc(-c6ccc7oc8ccccc8c7c6)n5)ccc5c6ccc(-c7ccc(-c8ccccc8-c8ccc9c(ccc%10ccccc%109)c8)cc7)c7oc8cc(N9CC=Cc%10ccc(-c%11ccccc%11)cc%109)cc(c(c2)c3c45)c8c76)CC(c2ccc3ccccc3c2)=C1. The van der Waals surface area contributed by atoms with Crippen LogP contribution in [0.2, 0.25) is 0 Å². The zero-order valence-corrected chi connectivity index (χ0v) is 55.5. The van der Waals surface area contributed by atoms with Gasteiger partial charge in [-0.2, -0.15) is 0 Å². The molecule has 2 aliphatic rings. The maximum absolute atomic E-state index is 7.69. The van der Waals surface area contributed by atoms with Crippen LogP contribution in [-0.4, -0.2) is 28.0 Å². The molecule has 8 nitrogen and oxygen atoms in total. The molecule has 103 heavy (non-hydrogen) atoms. The number of para-hydroxylation sites is 1. The Bertz CT molecular complexity index is 7070. The summed E-state index contributed by atoms with van der Waals surface area (Å²) >= 11 is 0. The van der Waals surface area contributed by atoms with Crippen molar-refractivity contribution in [3.8, 4) is 67.3 Å². The van der Waals surface area contributed by atoms with Crippen LogP contribution in [0.4, 0.5) is 17.1 Å². The van der Waals surface area contributed by atoms with Gasteiger partial charge in [-0.05, 0) is 182 Å². The molecule has 4 aromatic heterocycles. The molecule has 0 fully saturated rings. The Labute approximate surface area is 590 Å². The number of aromatic nitrogens is 3. The van der Waals surface area contributed by atoms with Crippen LogP contribution in [0.3, 0.4) is 0 Å². The number of hydrogen-bond donors (Lipinski definition) is 0. The van der Waals surface area contributed by atoms with E-state index in [9.17, 15) is 0 Å². The van der Waals surface area contributed by atoms with Crippen LogP contribution < -0.4 is 9.80 Å². The predicted octanol–water partition coefficient (Wildman–Crippen LogP) is 25.4. The van der Waals surface area contributed by atoms with Crippen LogP contribution in [0.1, 0.15) is 11.1 Å². The summed E-state index contributed by atoms with van der Waals surface area (Å²) in [7, 11) is 0. The molecule has 0 bridgehead atoms. The summed E-state index contributed by atoms with van der Waals surface area (Å²) in [5.74, 6) is 1.04. The number of fused-ring (bicyclic) bond motifs is 10. The fraction of sp³-hybridized carbons (Fsp3) is 0.0211. The van der Waals surface area contributed by atoms with Crippen molar-refractivity contribution in [2.45, 2.75) is 0 Å². The van der Waals surface area contributed by atoms with Gasteiger partial charge in [0, 0.05) is 91.9 Å². The molecule has 0 saturated carbocycles. The fourth-order valence-corrected chi connectivity index (χ4v) is 16.7. The van der Waals surface area contributed by atoms with Gasteiger partial charge in [-0.1, -0.05) is 224 Å². The Balaban J connectivity index is 0.771. The van der Waals surface area contributed by atoms with Gasteiger partial charge in [0.25, 0.3) is 0 Å². The summed E-state index contributed by atoms with van der Waals surface area (Å²) < 4.78 is 21.5. The van der Waals surface area contributed by atoms with Crippen molar-refractivity contribution in [3.05, 3.63) is 327 Å². The van der Waals surface area contributed by atoms with Crippen molar-refractivity contribution in [3.63, 3.8) is 0 Å². The van der Waals surface area contributed by atoms with Crippen molar-refractivity contribution in [2.75, 3.05) is 22.9 Å². The monoisotopic (exact) mass is 1320 g/mol. The summed E-state index contributed by atoms with van der Waals surface area (Å²) in [6, 6.07) is 103. The summed E-state index contributed by atoms with van der Waals surface area (Å²) in [5.41, 5.74) is 21.9. The first-order valence-electron chi connectivity index (χ1n) is 35.1. The minimum Gasteiger partial charge on any atom is -0.456 e. The normalized spacial score (nSPS) is 13.3. The second-order valence-corrected chi connectivity index (χ2v) is 27.3. The first-order chi connectivity index (χ1) is 51.0. The number of anilines is 3. The molecule has 0 radical (unpaired) electrons. The van der Waals surface area contributed by atoms with Gasteiger partial charge in [-0.3, -0.25) is 0 Å². The van der Waals surface area contributed by atoms with E-state index in [0.717, 1.165) is 143 Å². The molecule has 0 unspecified atom stereocenters. The van der Waals surface area contributed by atoms with Gasteiger partial charge in [0.15, 0.2) is 11.6 Å². The van der Waals surface area contributed by atoms with Gasteiger partial charge in [0.05, 0.1) is 5.56 Å². The van der Waals surface area contributed by atoms with Crippen LogP contribution in [-0.2, 0) is 0 Å². The third kappa shape index (κ3) is 9.07. The first-order valence-corrected chi connectivity index (χ1v) is 35.1. The number of benzene rings is 15. The molecular formula is C95H57N5O3. The molecule has 480 valence electrons. The maximum Gasteiger partial charge on any atom is 0.167 e. The minimum atomic E-state index is 0.498. The average Bonchev–Trinajstić information content (AvgIpc) is 1.55. The molecule has 22 rings (SSSR count). The smallest absolute Gasteiger partial charge is 0.167 e. The number of rotatable bonds is 9. The van der Waals surface area contributed by atoms with Crippen LogP contribution in [0.25, 0.3) is 199 Å². The number of nitrogens with zero attached hydrogens (tertiary/aromatic N) is 5. The van der Waals surface area contributed by atoms with Crippen molar-refractivity contribution in [2.24, 2.45) is 0 Å². The highest BCUT2D eigenvalue weighted by atomic mass is 16.3. The Kier molecular flexibility index (Phi) is 12.5. The topological polar surface area (TPSA) is 84.6 Å². The second-order valence-electron chi connectivity index (χ2n) is 27.3. The summed E-state index contributed by atoms with van der Waals surface area (Å²) in [5, 5.41) is 17.6. The highest BCUT2D eigenvalue weighted by Crippen LogP contribution is 2.52.